The summed E-state index contributed by atoms with van der Waals surface area (Å²) in [4.78, 5) is 12.0. The van der Waals surface area contributed by atoms with Crippen molar-refractivity contribution in [2.24, 2.45) is 0 Å². The summed E-state index contributed by atoms with van der Waals surface area (Å²) in [6, 6.07) is 0. The predicted octanol–water partition coefficient (Wildman–Crippen LogP) is -0.193. The minimum atomic E-state index is -0.921. The molecule has 0 radical (unpaired) electrons. The molecule has 0 atom stereocenters. The smallest absolute Gasteiger partial charge is 0.283 e. The summed E-state index contributed by atoms with van der Waals surface area (Å²) in [6.45, 7) is 1.82. The standard InChI is InChI=1S/C11H18BrN3O4/c1-11(6-16,7-17)14-8-5-13-15(3-4-19-2)10(18)9(8)12/h5,14,16-17H,3-4,6-7H2,1-2H3. The number of anilines is 1. The van der Waals surface area contributed by atoms with E-state index in [1.54, 1.807) is 14.0 Å². The Hall–Kier alpha value is -0.960. The number of aliphatic hydroxyl groups excluding tert-OH is 2. The molecule has 8 heteroatoms. The second-order valence-electron chi connectivity index (χ2n) is 4.40. The highest BCUT2D eigenvalue weighted by Gasteiger charge is 2.23. The number of halogens is 1. The molecule has 0 aliphatic carbocycles. The third kappa shape index (κ3) is 4.00. The first-order valence-electron chi connectivity index (χ1n) is 5.72. The van der Waals surface area contributed by atoms with Gasteiger partial charge in [0, 0.05) is 7.11 Å². The van der Waals surface area contributed by atoms with Crippen LogP contribution in [-0.2, 0) is 11.3 Å². The summed E-state index contributed by atoms with van der Waals surface area (Å²) in [6.07, 6.45) is 1.46. The minimum absolute atomic E-state index is 0.275. The first-order chi connectivity index (χ1) is 8.97. The number of ether oxygens (including phenoxy) is 1. The van der Waals surface area contributed by atoms with Crippen LogP contribution in [0.3, 0.4) is 0 Å². The Labute approximate surface area is 119 Å². The number of nitrogens with one attached hydrogen (secondary N) is 1. The van der Waals surface area contributed by atoms with Gasteiger partial charge in [-0.3, -0.25) is 4.79 Å². The van der Waals surface area contributed by atoms with Crippen LogP contribution in [0.25, 0.3) is 0 Å². The SMILES string of the molecule is COCCn1ncc(NC(C)(CO)CO)c(Br)c1=O. The van der Waals surface area contributed by atoms with Gasteiger partial charge < -0.3 is 20.3 Å². The van der Waals surface area contributed by atoms with Crippen molar-refractivity contribution in [2.75, 3.05) is 32.2 Å². The van der Waals surface area contributed by atoms with Gasteiger partial charge in [0.05, 0.1) is 43.8 Å². The zero-order chi connectivity index (χ0) is 14.5. The first-order valence-corrected chi connectivity index (χ1v) is 6.51. The molecule has 1 aromatic rings. The monoisotopic (exact) mass is 335 g/mol. The lowest BCUT2D eigenvalue weighted by Gasteiger charge is -2.27. The van der Waals surface area contributed by atoms with Gasteiger partial charge in [-0.05, 0) is 22.9 Å². The lowest BCUT2D eigenvalue weighted by Crippen LogP contribution is -2.43. The molecule has 3 N–H and O–H groups in total. The maximum atomic E-state index is 12.0. The van der Waals surface area contributed by atoms with Crippen molar-refractivity contribution in [1.29, 1.82) is 0 Å². The van der Waals surface area contributed by atoms with Gasteiger partial charge in [0.2, 0.25) is 0 Å². The van der Waals surface area contributed by atoms with Crippen molar-refractivity contribution in [2.45, 2.75) is 19.0 Å². The largest absolute Gasteiger partial charge is 0.394 e. The number of rotatable bonds is 7. The topological polar surface area (TPSA) is 96.6 Å². The number of nitrogens with zero attached hydrogens (tertiary/aromatic N) is 2. The summed E-state index contributed by atoms with van der Waals surface area (Å²) in [5.41, 5.74) is -0.806. The van der Waals surface area contributed by atoms with Crippen LogP contribution >= 0.6 is 15.9 Å². The number of hydrogen-bond acceptors (Lipinski definition) is 6. The van der Waals surface area contributed by atoms with Crippen molar-refractivity contribution in [3.05, 3.63) is 21.0 Å². The Morgan fingerprint density at radius 1 is 1.53 bits per heavy atom. The first kappa shape index (κ1) is 16.1. The summed E-state index contributed by atoms with van der Waals surface area (Å²) in [5.74, 6) is 0. The number of hydrogen-bond donors (Lipinski definition) is 3. The van der Waals surface area contributed by atoms with E-state index in [0.717, 1.165) is 0 Å². The maximum Gasteiger partial charge on any atom is 0.283 e. The van der Waals surface area contributed by atoms with E-state index in [-0.39, 0.29) is 18.8 Å². The molecule has 1 heterocycles. The van der Waals surface area contributed by atoms with E-state index < -0.39 is 5.54 Å². The van der Waals surface area contributed by atoms with E-state index in [0.29, 0.717) is 23.3 Å². The molecule has 0 spiro atoms. The van der Waals surface area contributed by atoms with Crippen LogP contribution in [0.1, 0.15) is 6.92 Å². The highest BCUT2D eigenvalue weighted by Crippen LogP contribution is 2.20. The average molecular weight is 336 g/mol. The van der Waals surface area contributed by atoms with Crippen LogP contribution in [0.4, 0.5) is 5.69 Å². The van der Waals surface area contributed by atoms with E-state index in [1.807, 2.05) is 0 Å². The molecule has 0 aliphatic heterocycles. The normalized spacial score (nSPS) is 11.6. The van der Waals surface area contributed by atoms with Gasteiger partial charge in [-0.1, -0.05) is 0 Å². The van der Waals surface area contributed by atoms with Gasteiger partial charge in [0.15, 0.2) is 0 Å². The van der Waals surface area contributed by atoms with Crippen molar-refractivity contribution in [3.63, 3.8) is 0 Å². The van der Waals surface area contributed by atoms with Crippen molar-refractivity contribution in [3.8, 4) is 0 Å². The third-order valence-corrected chi connectivity index (χ3v) is 3.39. The Kier molecular flexibility index (Phi) is 5.92. The fourth-order valence-corrected chi connectivity index (χ4v) is 1.75. The summed E-state index contributed by atoms with van der Waals surface area (Å²) >= 11 is 3.19. The molecule has 0 unspecified atom stereocenters. The molecular weight excluding hydrogens is 318 g/mol. The molecule has 0 saturated carbocycles. The van der Waals surface area contributed by atoms with Crippen molar-refractivity contribution >= 4 is 21.6 Å². The van der Waals surface area contributed by atoms with Crippen LogP contribution < -0.4 is 10.9 Å². The van der Waals surface area contributed by atoms with Crippen LogP contribution in [0.5, 0.6) is 0 Å². The molecule has 0 aliphatic rings. The fraction of sp³-hybridized carbons (Fsp3) is 0.636. The predicted molar refractivity (Wildman–Crippen MR) is 74.3 cm³/mol. The van der Waals surface area contributed by atoms with Gasteiger partial charge >= 0.3 is 0 Å². The maximum absolute atomic E-state index is 12.0. The Bertz CT molecular complexity index is 473. The second kappa shape index (κ2) is 6.99. The lowest BCUT2D eigenvalue weighted by molar-refractivity contribution is 0.147. The van der Waals surface area contributed by atoms with E-state index in [4.69, 9.17) is 4.74 Å². The number of methoxy groups -OCH3 is 1. The molecule has 0 fully saturated rings. The van der Waals surface area contributed by atoms with Crippen LogP contribution in [0.2, 0.25) is 0 Å². The highest BCUT2D eigenvalue weighted by molar-refractivity contribution is 9.10. The van der Waals surface area contributed by atoms with E-state index in [1.165, 1.54) is 10.9 Å². The van der Waals surface area contributed by atoms with E-state index >= 15 is 0 Å². The summed E-state index contributed by atoms with van der Waals surface area (Å²) in [7, 11) is 1.55. The molecule has 108 valence electrons. The molecule has 7 nitrogen and oxygen atoms in total. The number of aliphatic hydroxyl groups is 2. The molecule has 1 aromatic heterocycles. The van der Waals surface area contributed by atoms with Crippen molar-refractivity contribution < 1.29 is 14.9 Å². The molecule has 0 bridgehead atoms. The van der Waals surface area contributed by atoms with E-state index in [9.17, 15) is 15.0 Å². The molecule has 0 aromatic carbocycles. The Morgan fingerprint density at radius 3 is 2.68 bits per heavy atom. The summed E-state index contributed by atoms with van der Waals surface area (Å²) < 4.78 is 6.46. The van der Waals surface area contributed by atoms with Crippen molar-refractivity contribution in [1.82, 2.24) is 9.78 Å². The van der Waals surface area contributed by atoms with Gasteiger partial charge in [-0.2, -0.15) is 5.10 Å². The van der Waals surface area contributed by atoms with Gasteiger partial charge in [-0.25, -0.2) is 4.68 Å². The van der Waals surface area contributed by atoms with Gasteiger partial charge in [-0.15, -0.1) is 0 Å². The molecule has 0 saturated heterocycles. The van der Waals surface area contributed by atoms with Crippen LogP contribution in [0, 0.1) is 0 Å². The fourth-order valence-electron chi connectivity index (χ4n) is 1.34. The minimum Gasteiger partial charge on any atom is -0.394 e. The number of aromatic nitrogens is 2. The zero-order valence-corrected chi connectivity index (χ0v) is 12.5. The van der Waals surface area contributed by atoms with Gasteiger partial charge in [0.1, 0.15) is 4.47 Å². The summed E-state index contributed by atoms with van der Waals surface area (Å²) in [5, 5.41) is 25.3. The lowest BCUT2D eigenvalue weighted by atomic mass is 10.1. The van der Waals surface area contributed by atoms with Crippen LogP contribution in [-0.4, -0.2) is 52.5 Å². The average Bonchev–Trinajstić information content (AvgIpc) is 2.43. The Morgan fingerprint density at radius 2 is 2.16 bits per heavy atom. The van der Waals surface area contributed by atoms with E-state index in [2.05, 4.69) is 26.3 Å². The Balaban J connectivity index is 2.99. The molecular formula is C11H18BrN3O4. The quantitative estimate of drug-likeness (QED) is 0.639. The molecule has 0 amide bonds. The molecule has 1 rings (SSSR count). The van der Waals surface area contributed by atoms with Crippen LogP contribution in [0.15, 0.2) is 15.5 Å². The molecule has 19 heavy (non-hydrogen) atoms. The highest BCUT2D eigenvalue weighted by atomic mass is 79.9. The zero-order valence-electron chi connectivity index (χ0n) is 10.9. The van der Waals surface area contributed by atoms with Gasteiger partial charge in [0.25, 0.3) is 5.56 Å². The third-order valence-electron chi connectivity index (χ3n) is 2.63. The second-order valence-corrected chi connectivity index (χ2v) is 5.19.